The van der Waals surface area contributed by atoms with Crippen LogP contribution in [0.15, 0.2) is 41.6 Å². The van der Waals surface area contributed by atoms with Crippen LogP contribution in [0.1, 0.15) is 18.4 Å². The second-order valence-electron chi connectivity index (χ2n) is 6.66. The number of carbonyl (C=O) groups excluding carboxylic acids is 2. The Morgan fingerprint density at radius 1 is 1.23 bits per heavy atom. The van der Waals surface area contributed by atoms with Gasteiger partial charge in [0, 0.05) is 30.3 Å². The number of hydrogen-bond donors (Lipinski definition) is 2. The smallest absolute Gasteiger partial charge is 0.267 e. The third kappa shape index (κ3) is 3.43. The molecule has 1 aromatic heterocycles. The van der Waals surface area contributed by atoms with Gasteiger partial charge in [-0.1, -0.05) is 18.2 Å². The third-order valence-corrected chi connectivity index (χ3v) is 4.90. The first-order valence-corrected chi connectivity index (χ1v) is 8.77. The molecule has 2 N–H and O–H groups in total. The van der Waals surface area contributed by atoms with Crippen LogP contribution in [0.25, 0.3) is 10.9 Å². The Morgan fingerprint density at radius 3 is 2.96 bits per heavy atom. The Labute approximate surface area is 150 Å². The lowest BCUT2D eigenvalue weighted by Gasteiger charge is -2.21. The highest BCUT2D eigenvalue weighted by Gasteiger charge is 2.31. The quantitative estimate of drug-likeness (QED) is 0.864. The van der Waals surface area contributed by atoms with Crippen LogP contribution in [0.5, 0.6) is 0 Å². The van der Waals surface area contributed by atoms with Gasteiger partial charge in [0.05, 0.1) is 24.8 Å². The van der Waals surface area contributed by atoms with E-state index in [1.54, 1.807) is 0 Å². The van der Waals surface area contributed by atoms with Crippen LogP contribution in [0, 0.1) is 5.92 Å². The minimum Gasteiger partial charge on any atom is -0.379 e. The molecule has 7 heteroatoms. The molecule has 1 fully saturated rings. The number of nitrogens with one attached hydrogen (secondary N) is 2. The number of carbonyl (C=O) groups is 2. The molecule has 0 spiro atoms. The molecule has 134 valence electrons. The third-order valence-electron chi connectivity index (χ3n) is 4.90. The van der Waals surface area contributed by atoms with Gasteiger partial charge in [0.1, 0.15) is 5.71 Å². The molecular weight excluding hydrogens is 332 g/mol. The van der Waals surface area contributed by atoms with E-state index >= 15 is 0 Å². The van der Waals surface area contributed by atoms with Gasteiger partial charge in [0.2, 0.25) is 5.91 Å². The summed E-state index contributed by atoms with van der Waals surface area (Å²) in [6.45, 7) is 1.09. The Bertz CT molecular complexity index is 875. The van der Waals surface area contributed by atoms with Gasteiger partial charge in [-0.25, -0.2) is 5.43 Å². The van der Waals surface area contributed by atoms with Gasteiger partial charge in [-0.2, -0.15) is 5.10 Å². The van der Waals surface area contributed by atoms with Crippen LogP contribution in [0.3, 0.4) is 0 Å². The summed E-state index contributed by atoms with van der Waals surface area (Å²) in [4.78, 5) is 28.0. The van der Waals surface area contributed by atoms with Crippen molar-refractivity contribution in [2.45, 2.75) is 25.3 Å². The Hall–Kier alpha value is -2.80. The molecule has 3 heterocycles. The normalized spacial score (nSPS) is 22.8. The van der Waals surface area contributed by atoms with E-state index in [1.807, 2.05) is 30.5 Å². The largest absolute Gasteiger partial charge is 0.379 e. The first-order chi connectivity index (χ1) is 12.7. The maximum absolute atomic E-state index is 12.4. The standard InChI is InChI=1S/C19H20N4O3/c24-18-6-5-16(22-23-18)19(25)21-17-11-26-10-13(17)9-12-7-8-20-15-4-2-1-3-14(12)15/h1-4,7-8,13,17H,5-6,9-11H2,(H,21,25)(H,23,24)/t13-,17+/m1/s1. The number of hydrogen-bond acceptors (Lipinski definition) is 5. The number of rotatable bonds is 4. The van der Waals surface area contributed by atoms with E-state index in [9.17, 15) is 9.59 Å². The van der Waals surface area contributed by atoms with Crippen molar-refractivity contribution in [3.05, 3.63) is 42.1 Å². The van der Waals surface area contributed by atoms with Crippen molar-refractivity contribution in [2.75, 3.05) is 13.2 Å². The first-order valence-electron chi connectivity index (χ1n) is 8.77. The van der Waals surface area contributed by atoms with Crippen LogP contribution in [-0.2, 0) is 20.7 Å². The lowest BCUT2D eigenvalue weighted by molar-refractivity contribution is -0.121. The number of hydrazone groups is 1. The van der Waals surface area contributed by atoms with Gasteiger partial charge in [0.25, 0.3) is 5.91 Å². The van der Waals surface area contributed by atoms with Crippen molar-refractivity contribution in [3.8, 4) is 0 Å². The van der Waals surface area contributed by atoms with E-state index in [-0.39, 0.29) is 23.8 Å². The first kappa shape index (κ1) is 16.7. The molecule has 2 amide bonds. The number of nitrogens with zero attached hydrogens (tertiary/aromatic N) is 2. The minimum atomic E-state index is -0.231. The van der Waals surface area contributed by atoms with Crippen molar-refractivity contribution >= 4 is 28.4 Å². The molecule has 2 aromatic rings. The van der Waals surface area contributed by atoms with E-state index in [0.717, 1.165) is 17.3 Å². The van der Waals surface area contributed by atoms with Crippen LogP contribution < -0.4 is 10.7 Å². The molecule has 1 aromatic carbocycles. The van der Waals surface area contributed by atoms with Crippen molar-refractivity contribution in [2.24, 2.45) is 11.0 Å². The molecule has 0 aliphatic carbocycles. The average Bonchev–Trinajstić information content (AvgIpc) is 3.09. The highest BCUT2D eigenvalue weighted by molar-refractivity contribution is 6.39. The monoisotopic (exact) mass is 352 g/mol. The molecule has 2 aliphatic heterocycles. The zero-order valence-electron chi connectivity index (χ0n) is 14.3. The zero-order valence-corrected chi connectivity index (χ0v) is 14.3. The lowest BCUT2D eigenvalue weighted by atomic mass is 9.93. The Morgan fingerprint density at radius 2 is 2.12 bits per heavy atom. The van der Waals surface area contributed by atoms with Gasteiger partial charge in [0.15, 0.2) is 0 Å². The SMILES string of the molecule is O=C1CCC(C(=O)N[C@H]2COC[C@H]2Cc2ccnc3ccccc23)=NN1. The highest BCUT2D eigenvalue weighted by atomic mass is 16.5. The number of amides is 2. The van der Waals surface area contributed by atoms with Crippen LogP contribution in [0.4, 0.5) is 0 Å². The molecule has 0 bridgehead atoms. The topological polar surface area (TPSA) is 92.7 Å². The summed E-state index contributed by atoms with van der Waals surface area (Å²) >= 11 is 0. The summed E-state index contributed by atoms with van der Waals surface area (Å²) in [5.41, 5.74) is 4.90. The van der Waals surface area contributed by atoms with Gasteiger partial charge in [-0.05, 0) is 24.1 Å². The molecule has 0 radical (unpaired) electrons. The van der Waals surface area contributed by atoms with E-state index in [1.165, 1.54) is 5.56 Å². The van der Waals surface area contributed by atoms with E-state index in [0.29, 0.717) is 31.8 Å². The fourth-order valence-electron chi connectivity index (χ4n) is 3.46. The fourth-order valence-corrected chi connectivity index (χ4v) is 3.46. The summed E-state index contributed by atoms with van der Waals surface area (Å²) in [5, 5.41) is 8.01. The number of pyridine rings is 1. The molecule has 2 aliphatic rings. The van der Waals surface area contributed by atoms with Gasteiger partial charge < -0.3 is 10.1 Å². The van der Waals surface area contributed by atoms with Crippen LogP contribution >= 0.6 is 0 Å². The van der Waals surface area contributed by atoms with Crippen molar-refractivity contribution in [1.29, 1.82) is 0 Å². The molecule has 1 saturated heterocycles. The number of aromatic nitrogens is 1. The van der Waals surface area contributed by atoms with E-state index < -0.39 is 0 Å². The molecular formula is C19H20N4O3. The van der Waals surface area contributed by atoms with Gasteiger partial charge >= 0.3 is 0 Å². The second-order valence-corrected chi connectivity index (χ2v) is 6.66. The van der Waals surface area contributed by atoms with E-state index in [2.05, 4.69) is 26.9 Å². The zero-order chi connectivity index (χ0) is 17.9. The summed E-state index contributed by atoms with van der Waals surface area (Å²) in [6, 6.07) is 10.0. The number of para-hydroxylation sites is 1. The predicted octanol–water partition coefficient (Wildman–Crippen LogP) is 1.17. The minimum absolute atomic E-state index is 0.0743. The van der Waals surface area contributed by atoms with Crippen molar-refractivity contribution in [1.82, 2.24) is 15.7 Å². The molecule has 0 unspecified atom stereocenters. The van der Waals surface area contributed by atoms with Crippen LogP contribution in [0.2, 0.25) is 0 Å². The summed E-state index contributed by atoms with van der Waals surface area (Å²) in [6.07, 6.45) is 3.28. The highest BCUT2D eigenvalue weighted by Crippen LogP contribution is 2.24. The van der Waals surface area contributed by atoms with Gasteiger partial charge in [-0.3, -0.25) is 14.6 Å². The molecule has 2 atom stereocenters. The maximum atomic E-state index is 12.4. The number of benzene rings is 1. The second kappa shape index (κ2) is 7.21. The molecule has 7 nitrogen and oxygen atoms in total. The van der Waals surface area contributed by atoms with Crippen molar-refractivity contribution in [3.63, 3.8) is 0 Å². The molecule has 4 rings (SSSR count). The predicted molar refractivity (Wildman–Crippen MR) is 96.5 cm³/mol. The van der Waals surface area contributed by atoms with Crippen LogP contribution in [-0.4, -0.2) is 41.8 Å². The Kier molecular flexibility index (Phi) is 4.62. The van der Waals surface area contributed by atoms with E-state index in [4.69, 9.17) is 4.74 Å². The summed E-state index contributed by atoms with van der Waals surface area (Å²) in [7, 11) is 0. The average molecular weight is 352 g/mol. The number of ether oxygens (including phenoxy) is 1. The maximum Gasteiger partial charge on any atom is 0.267 e. The number of fused-ring (bicyclic) bond motifs is 1. The summed E-state index contributed by atoms with van der Waals surface area (Å²) < 4.78 is 5.62. The van der Waals surface area contributed by atoms with Gasteiger partial charge in [-0.15, -0.1) is 0 Å². The lowest BCUT2D eigenvalue weighted by Crippen LogP contribution is -2.45. The summed E-state index contributed by atoms with van der Waals surface area (Å²) in [5.74, 6) is -0.207. The Balaban J connectivity index is 1.46. The van der Waals surface area contributed by atoms with Crippen molar-refractivity contribution < 1.29 is 14.3 Å². The molecule has 26 heavy (non-hydrogen) atoms. The molecule has 0 saturated carbocycles. The fraction of sp³-hybridized carbons (Fsp3) is 0.368.